The molecule has 0 saturated carbocycles. The van der Waals surface area contributed by atoms with Crippen LogP contribution in [0.3, 0.4) is 0 Å². The van der Waals surface area contributed by atoms with Crippen LogP contribution in [0.1, 0.15) is 40.1 Å². The summed E-state index contributed by atoms with van der Waals surface area (Å²) in [6, 6.07) is 18.9. The van der Waals surface area contributed by atoms with E-state index in [1.54, 1.807) is 57.9 Å². The summed E-state index contributed by atoms with van der Waals surface area (Å²) in [4.78, 5) is -0.457. The van der Waals surface area contributed by atoms with E-state index < -0.39 is 20.2 Å². The van der Waals surface area contributed by atoms with Gasteiger partial charge in [0.2, 0.25) is 0 Å². The molecule has 12 nitrogen and oxygen atoms in total. The Kier molecular flexibility index (Phi) is 10.1. The maximum Gasteiger partial charge on any atom is 0.294 e. The van der Waals surface area contributed by atoms with E-state index in [0.29, 0.717) is 97.8 Å². The van der Waals surface area contributed by atoms with Gasteiger partial charge in [0, 0.05) is 58.4 Å². The van der Waals surface area contributed by atoms with Crippen LogP contribution < -0.4 is 0 Å². The van der Waals surface area contributed by atoms with Gasteiger partial charge in [0.25, 0.3) is 20.2 Å². The lowest BCUT2D eigenvalue weighted by molar-refractivity contribution is 0.0668. The molecule has 0 saturated heterocycles. The predicted octanol–water partition coefficient (Wildman–Crippen LogP) is 8.43. The monoisotopic (exact) mass is 860 g/mol. The molecule has 0 amide bonds. The van der Waals surface area contributed by atoms with Gasteiger partial charge < -0.3 is 9.47 Å². The zero-order valence-electron chi connectivity index (χ0n) is 28.3. The summed E-state index contributed by atoms with van der Waals surface area (Å²) in [6.07, 6.45) is 1.49. The van der Waals surface area contributed by atoms with Gasteiger partial charge in [-0.1, -0.05) is 58.5 Å². The molecule has 0 spiro atoms. The first-order valence-corrected chi connectivity index (χ1v) is 21.1. The van der Waals surface area contributed by atoms with Crippen molar-refractivity contribution in [3.8, 4) is 33.9 Å². The minimum Gasteiger partial charge on any atom is -0.375 e. The Morgan fingerprint density at radius 2 is 1.02 bits per heavy atom. The molecule has 0 atom stereocenters. The van der Waals surface area contributed by atoms with Gasteiger partial charge in [-0.2, -0.15) is 27.0 Å². The quantitative estimate of drug-likeness (QED) is 0.0901. The summed E-state index contributed by atoms with van der Waals surface area (Å²) in [7, 11) is -8.89. The summed E-state index contributed by atoms with van der Waals surface area (Å²) in [5.41, 5.74) is 8.31. The van der Waals surface area contributed by atoms with Gasteiger partial charge in [0.15, 0.2) is 0 Å². The number of rotatable bonds is 12. The average molecular weight is 863 g/mol. The van der Waals surface area contributed by atoms with Crippen LogP contribution in [0.25, 0.3) is 33.9 Å². The van der Waals surface area contributed by atoms with Crippen molar-refractivity contribution in [1.82, 2.24) is 19.6 Å². The highest BCUT2D eigenvalue weighted by molar-refractivity contribution is 7.86. The van der Waals surface area contributed by atoms with Crippen molar-refractivity contribution in [2.75, 3.05) is 13.2 Å². The lowest BCUT2D eigenvalue weighted by atomic mass is 10.1. The predicted molar refractivity (Wildman–Crippen MR) is 207 cm³/mol. The Morgan fingerprint density at radius 1 is 0.600 bits per heavy atom. The molecular weight excluding hydrogens is 834 g/mol. The third-order valence-corrected chi connectivity index (χ3v) is 12.2. The Balaban J connectivity index is 0.973. The second kappa shape index (κ2) is 14.6. The molecule has 2 aliphatic rings. The molecule has 2 aliphatic carbocycles. The molecule has 2 heterocycles. The second-order valence-electron chi connectivity index (χ2n) is 13.0. The molecule has 4 aromatic carbocycles. The van der Waals surface area contributed by atoms with Gasteiger partial charge in [-0.15, -0.1) is 0 Å². The number of benzene rings is 4. The third-order valence-electron chi connectivity index (χ3n) is 9.47. The molecule has 2 aromatic heterocycles. The van der Waals surface area contributed by atoms with Gasteiger partial charge >= 0.3 is 0 Å². The third kappa shape index (κ3) is 7.32. The van der Waals surface area contributed by atoms with E-state index >= 15 is 0 Å². The lowest BCUT2D eigenvalue weighted by Gasteiger charge is -2.11. The van der Waals surface area contributed by atoms with Crippen LogP contribution in [-0.4, -0.2) is 58.7 Å². The van der Waals surface area contributed by atoms with E-state index in [9.17, 15) is 25.9 Å². The Hall–Kier alpha value is -3.80. The molecule has 0 bridgehead atoms. The van der Waals surface area contributed by atoms with Crippen LogP contribution in [0, 0.1) is 0 Å². The number of nitrogens with zero attached hydrogens (tertiary/aromatic N) is 4. The Labute approximate surface area is 335 Å². The van der Waals surface area contributed by atoms with Gasteiger partial charge in [0.1, 0.15) is 0 Å². The zero-order valence-corrected chi connectivity index (χ0v) is 33.0. The van der Waals surface area contributed by atoms with E-state index in [0.717, 1.165) is 22.3 Å². The number of hydrogen-bond acceptors (Lipinski definition) is 8. The molecule has 0 fully saturated rings. The fraction of sp³-hybridized carbons (Fsp3) is 0.189. The van der Waals surface area contributed by atoms with E-state index in [1.165, 1.54) is 24.3 Å². The topological polar surface area (TPSA) is 163 Å². The molecule has 6 aromatic rings. The van der Waals surface area contributed by atoms with Crippen LogP contribution >= 0.6 is 46.4 Å². The summed E-state index contributed by atoms with van der Waals surface area (Å²) in [5.74, 6) is 0. The van der Waals surface area contributed by atoms with Crippen LogP contribution in [0.2, 0.25) is 20.1 Å². The molecule has 284 valence electrons. The van der Waals surface area contributed by atoms with Crippen LogP contribution in [0.15, 0.2) is 82.6 Å². The normalized spacial score (nSPS) is 13.2. The minimum atomic E-state index is -4.44. The molecule has 55 heavy (non-hydrogen) atoms. The molecular formula is C37H28Cl4N4O8S2. The highest BCUT2D eigenvalue weighted by Crippen LogP contribution is 2.44. The van der Waals surface area contributed by atoms with Gasteiger partial charge in [-0.05, 0) is 78.2 Å². The van der Waals surface area contributed by atoms with E-state index in [-0.39, 0.29) is 23.0 Å². The van der Waals surface area contributed by atoms with Gasteiger partial charge in [-0.25, -0.2) is 9.36 Å². The number of halogens is 4. The second-order valence-corrected chi connectivity index (χ2v) is 17.5. The van der Waals surface area contributed by atoms with Crippen molar-refractivity contribution >= 4 is 66.6 Å². The number of hydrogen-bond donors (Lipinski definition) is 2. The van der Waals surface area contributed by atoms with Crippen molar-refractivity contribution < 1.29 is 35.4 Å². The average Bonchev–Trinajstić information content (AvgIpc) is 3.86. The first-order valence-electron chi connectivity index (χ1n) is 16.7. The van der Waals surface area contributed by atoms with Gasteiger partial charge in [0.05, 0.1) is 67.2 Å². The summed E-state index contributed by atoms with van der Waals surface area (Å²) in [5, 5.41) is 11.2. The number of ether oxygens (including phenoxy) is 2. The van der Waals surface area contributed by atoms with E-state index in [2.05, 4.69) is 0 Å². The lowest BCUT2D eigenvalue weighted by Crippen LogP contribution is -2.06. The molecule has 0 aliphatic heterocycles. The van der Waals surface area contributed by atoms with Crippen molar-refractivity contribution in [3.63, 3.8) is 0 Å². The highest BCUT2D eigenvalue weighted by atomic mass is 35.5. The fourth-order valence-electron chi connectivity index (χ4n) is 6.97. The molecule has 2 N–H and O–H groups in total. The van der Waals surface area contributed by atoms with Crippen molar-refractivity contribution in [2.24, 2.45) is 0 Å². The summed E-state index contributed by atoms with van der Waals surface area (Å²) >= 11 is 25.5. The van der Waals surface area contributed by atoms with Crippen LogP contribution in [0.4, 0.5) is 0 Å². The zero-order chi connectivity index (χ0) is 38.8. The molecule has 0 radical (unpaired) electrons. The largest absolute Gasteiger partial charge is 0.375 e. The number of aromatic nitrogens is 4. The molecule has 8 rings (SSSR count). The summed E-state index contributed by atoms with van der Waals surface area (Å²) in [6.45, 7) is 0.979. The summed E-state index contributed by atoms with van der Waals surface area (Å²) < 4.78 is 82.7. The van der Waals surface area contributed by atoms with E-state index in [4.69, 9.17) is 66.1 Å². The first-order chi connectivity index (χ1) is 26.2. The maximum atomic E-state index is 12.0. The SMILES string of the molecule is O=S(=O)(O)c1ccc2c(c1)-c1c(c(COCCCOCc3nn(-c4ccc(Cl)cc4Cl)c4c3Cc3ccc(S(=O)(=O)O)cc3-4)nn1-c1ccc(Cl)cc1Cl)C2. The van der Waals surface area contributed by atoms with Crippen LogP contribution in [0.5, 0.6) is 0 Å². The molecule has 18 heteroatoms. The smallest absolute Gasteiger partial charge is 0.294 e. The fourth-order valence-corrected chi connectivity index (χ4v) is 8.96. The molecule has 0 unspecified atom stereocenters. The standard InChI is InChI=1S/C37H28Cl4N4O8S2/c38-22-4-8-34(30(40)14-22)44-36-26-16-24(54(46,47)48)6-2-20(26)12-28(36)32(42-44)18-52-10-1-11-53-19-33-29-13-21-3-7-25(55(49,50)51)17-27(21)37(29)45(43-33)35-9-5-23(39)15-31(35)41/h2-9,14-17H,1,10-13,18-19H2,(H,46,47,48)(H,49,50,51). The van der Waals surface area contributed by atoms with Crippen molar-refractivity contribution in [2.45, 2.75) is 42.3 Å². The highest BCUT2D eigenvalue weighted by Gasteiger charge is 2.32. The van der Waals surface area contributed by atoms with Crippen LogP contribution in [-0.2, 0) is 55.8 Å². The minimum absolute atomic E-state index is 0.156. The maximum absolute atomic E-state index is 12.0. The Bertz CT molecular complexity index is 2580. The Morgan fingerprint density at radius 3 is 1.40 bits per heavy atom. The van der Waals surface area contributed by atoms with Gasteiger partial charge in [-0.3, -0.25) is 9.11 Å². The number of fused-ring (bicyclic) bond motifs is 6. The first kappa shape index (κ1) is 38.1. The van der Waals surface area contributed by atoms with E-state index in [1.807, 2.05) is 0 Å². The van der Waals surface area contributed by atoms with Crippen molar-refractivity contribution in [3.05, 3.63) is 127 Å². The van der Waals surface area contributed by atoms with Crippen molar-refractivity contribution in [1.29, 1.82) is 0 Å².